The summed E-state index contributed by atoms with van der Waals surface area (Å²) in [5.41, 5.74) is 3.01. The second-order valence-electron chi connectivity index (χ2n) is 7.52. The number of fused-ring (bicyclic) bond motifs is 1. The molecule has 1 aliphatic rings. The van der Waals surface area contributed by atoms with Gasteiger partial charge in [0.05, 0.1) is 5.69 Å². The van der Waals surface area contributed by atoms with Gasteiger partial charge in [-0.25, -0.2) is 13.4 Å². The van der Waals surface area contributed by atoms with Gasteiger partial charge in [-0.05, 0) is 25.0 Å². The second kappa shape index (κ2) is 7.63. The number of para-hydroxylation sites is 1. The van der Waals surface area contributed by atoms with Crippen molar-refractivity contribution in [1.82, 2.24) is 18.8 Å². The molecule has 2 N–H and O–H groups in total. The highest BCUT2D eigenvalue weighted by Crippen LogP contribution is 2.31. The fourth-order valence-electron chi connectivity index (χ4n) is 3.88. The molecule has 10 heteroatoms. The Labute approximate surface area is 183 Å². The zero-order valence-electron chi connectivity index (χ0n) is 16.8. The van der Waals surface area contributed by atoms with E-state index in [9.17, 15) is 13.2 Å². The standard InChI is InChI=1S/C21H21N5O3S2/c1-25-12-14(31(28,29)26-8-4-5-9-26)10-19(25)20(27)24-21-23-18(13-30-21)16-11-22-17-7-3-2-6-15(16)17/h2-3,6-7,10-13,22H,4-5,8-9H2,1H3,(H,23,24,27). The number of aromatic nitrogens is 3. The first-order valence-corrected chi connectivity index (χ1v) is 12.3. The highest BCUT2D eigenvalue weighted by Gasteiger charge is 2.29. The second-order valence-corrected chi connectivity index (χ2v) is 10.3. The predicted molar refractivity (Wildman–Crippen MR) is 121 cm³/mol. The van der Waals surface area contributed by atoms with E-state index in [1.165, 1.54) is 32.5 Å². The normalized spacial score (nSPS) is 15.0. The van der Waals surface area contributed by atoms with Gasteiger partial charge in [0, 0.05) is 54.4 Å². The summed E-state index contributed by atoms with van der Waals surface area (Å²) in [5.74, 6) is -0.398. The highest BCUT2D eigenvalue weighted by molar-refractivity contribution is 7.89. The van der Waals surface area contributed by atoms with E-state index in [-0.39, 0.29) is 10.6 Å². The van der Waals surface area contributed by atoms with E-state index in [4.69, 9.17) is 0 Å². The molecular formula is C21H21N5O3S2. The van der Waals surface area contributed by atoms with Crippen molar-refractivity contribution < 1.29 is 13.2 Å². The third-order valence-corrected chi connectivity index (χ3v) is 8.13. The average Bonchev–Trinajstić information content (AvgIpc) is 3.53. The predicted octanol–water partition coefficient (Wildman–Crippen LogP) is 3.67. The maximum Gasteiger partial charge on any atom is 0.274 e. The molecule has 160 valence electrons. The fraction of sp³-hybridized carbons (Fsp3) is 0.238. The van der Waals surface area contributed by atoms with Crippen molar-refractivity contribution in [3.05, 3.63) is 53.8 Å². The van der Waals surface area contributed by atoms with E-state index in [0.717, 1.165) is 35.0 Å². The van der Waals surface area contributed by atoms with Crippen LogP contribution < -0.4 is 5.32 Å². The Morgan fingerprint density at radius 1 is 1.23 bits per heavy atom. The first-order chi connectivity index (χ1) is 14.9. The van der Waals surface area contributed by atoms with Crippen LogP contribution in [0.2, 0.25) is 0 Å². The molecular weight excluding hydrogens is 434 g/mol. The van der Waals surface area contributed by atoms with Crippen LogP contribution in [0.4, 0.5) is 5.13 Å². The van der Waals surface area contributed by atoms with Crippen LogP contribution in [0.25, 0.3) is 22.2 Å². The van der Waals surface area contributed by atoms with Crippen LogP contribution in [-0.2, 0) is 17.1 Å². The van der Waals surface area contributed by atoms with E-state index in [2.05, 4.69) is 15.3 Å². The number of nitrogens with zero attached hydrogens (tertiary/aromatic N) is 3. The minimum atomic E-state index is -3.58. The van der Waals surface area contributed by atoms with Crippen LogP contribution in [0.15, 0.2) is 53.0 Å². The molecule has 1 fully saturated rings. The summed E-state index contributed by atoms with van der Waals surface area (Å²) in [7, 11) is -1.91. The topological polar surface area (TPSA) is 100 Å². The van der Waals surface area contributed by atoms with Crippen molar-refractivity contribution in [2.45, 2.75) is 17.7 Å². The third-order valence-electron chi connectivity index (χ3n) is 5.51. The van der Waals surface area contributed by atoms with Crippen LogP contribution in [-0.4, -0.2) is 46.3 Å². The van der Waals surface area contributed by atoms with Crippen molar-refractivity contribution in [3.8, 4) is 11.3 Å². The smallest absolute Gasteiger partial charge is 0.274 e. The molecule has 0 radical (unpaired) electrons. The zero-order valence-corrected chi connectivity index (χ0v) is 18.5. The first kappa shape index (κ1) is 20.0. The van der Waals surface area contributed by atoms with E-state index < -0.39 is 15.9 Å². The van der Waals surface area contributed by atoms with Gasteiger partial charge in [-0.2, -0.15) is 4.31 Å². The first-order valence-electron chi connectivity index (χ1n) is 9.93. The van der Waals surface area contributed by atoms with Gasteiger partial charge >= 0.3 is 0 Å². The molecule has 0 unspecified atom stereocenters. The Bertz CT molecular complexity index is 1380. The molecule has 0 saturated carbocycles. The van der Waals surface area contributed by atoms with Crippen LogP contribution in [0.1, 0.15) is 23.3 Å². The summed E-state index contributed by atoms with van der Waals surface area (Å²) in [6.07, 6.45) is 5.12. The third kappa shape index (κ3) is 3.56. The molecule has 31 heavy (non-hydrogen) atoms. The van der Waals surface area contributed by atoms with Gasteiger partial charge in [-0.3, -0.25) is 10.1 Å². The molecule has 5 rings (SSSR count). The minimum absolute atomic E-state index is 0.140. The molecule has 3 aromatic heterocycles. The van der Waals surface area contributed by atoms with Crippen LogP contribution in [0.5, 0.6) is 0 Å². The van der Waals surface area contributed by atoms with Crippen LogP contribution in [0.3, 0.4) is 0 Å². The lowest BCUT2D eigenvalue weighted by molar-refractivity contribution is 0.101. The van der Waals surface area contributed by atoms with Crippen molar-refractivity contribution in [2.24, 2.45) is 7.05 Å². The fourth-order valence-corrected chi connectivity index (χ4v) is 6.17. The van der Waals surface area contributed by atoms with E-state index in [1.54, 1.807) is 7.05 Å². The molecule has 8 nitrogen and oxygen atoms in total. The van der Waals surface area contributed by atoms with Crippen molar-refractivity contribution in [1.29, 1.82) is 0 Å². The van der Waals surface area contributed by atoms with Gasteiger partial charge < -0.3 is 9.55 Å². The lowest BCUT2D eigenvalue weighted by Crippen LogP contribution is -2.27. The number of nitrogens with one attached hydrogen (secondary N) is 2. The molecule has 0 aliphatic carbocycles. The number of aromatic amines is 1. The molecule has 4 aromatic rings. The maximum atomic E-state index is 12.8. The molecule has 0 bridgehead atoms. The van der Waals surface area contributed by atoms with E-state index in [1.807, 2.05) is 35.8 Å². The number of thiazole rings is 1. The Balaban J connectivity index is 1.37. The number of aryl methyl sites for hydroxylation is 1. The molecule has 4 heterocycles. The lowest BCUT2D eigenvalue weighted by Gasteiger charge is -2.13. The van der Waals surface area contributed by atoms with Gasteiger partial charge in [-0.1, -0.05) is 18.2 Å². The van der Waals surface area contributed by atoms with Crippen LogP contribution in [0, 0.1) is 0 Å². The molecule has 0 spiro atoms. The maximum absolute atomic E-state index is 12.8. The summed E-state index contributed by atoms with van der Waals surface area (Å²) in [5, 5.41) is 6.20. The quantitative estimate of drug-likeness (QED) is 0.480. The van der Waals surface area contributed by atoms with Gasteiger partial charge in [0.2, 0.25) is 10.0 Å². The van der Waals surface area contributed by atoms with Gasteiger partial charge in [0.1, 0.15) is 10.6 Å². The monoisotopic (exact) mass is 455 g/mol. The number of carbonyl (C=O) groups excluding carboxylic acids is 1. The number of carbonyl (C=O) groups is 1. The molecule has 1 aliphatic heterocycles. The largest absolute Gasteiger partial charge is 0.360 e. The van der Waals surface area contributed by atoms with E-state index in [0.29, 0.717) is 18.2 Å². The number of hydrogen-bond donors (Lipinski definition) is 2. The molecule has 1 saturated heterocycles. The zero-order chi connectivity index (χ0) is 21.6. The Morgan fingerprint density at radius 2 is 2.00 bits per heavy atom. The van der Waals surface area contributed by atoms with Gasteiger partial charge in [0.25, 0.3) is 5.91 Å². The number of benzene rings is 1. The van der Waals surface area contributed by atoms with E-state index >= 15 is 0 Å². The van der Waals surface area contributed by atoms with Gasteiger partial charge in [0.15, 0.2) is 5.13 Å². The lowest BCUT2D eigenvalue weighted by atomic mass is 10.1. The van der Waals surface area contributed by atoms with Crippen molar-refractivity contribution >= 4 is 43.3 Å². The van der Waals surface area contributed by atoms with Gasteiger partial charge in [-0.15, -0.1) is 11.3 Å². The Hall–Kier alpha value is -2.95. The van der Waals surface area contributed by atoms with Crippen molar-refractivity contribution in [2.75, 3.05) is 18.4 Å². The number of anilines is 1. The summed E-state index contributed by atoms with van der Waals surface area (Å²) in [6.45, 7) is 1.04. The van der Waals surface area contributed by atoms with Crippen LogP contribution >= 0.6 is 11.3 Å². The molecule has 1 aromatic carbocycles. The number of sulfonamides is 1. The molecule has 0 atom stereocenters. The summed E-state index contributed by atoms with van der Waals surface area (Å²) < 4.78 is 28.6. The number of amides is 1. The average molecular weight is 456 g/mol. The molecule has 1 amide bonds. The number of H-pyrrole nitrogens is 1. The summed E-state index contributed by atoms with van der Waals surface area (Å²) >= 11 is 1.33. The SMILES string of the molecule is Cn1cc(S(=O)(=O)N2CCCC2)cc1C(=O)Nc1nc(-c2c[nH]c3ccccc23)cs1. The number of rotatable bonds is 5. The summed E-state index contributed by atoms with van der Waals surface area (Å²) in [6, 6.07) is 9.38. The Kier molecular flexibility index (Phi) is 4.92. The highest BCUT2D eigenvalue weighted by atomic mass is 32.2. The summed E-state index contributed by atoms with van der Waals surface area (Å²) in [4.78, 5) is 20.7. The Morgan fingerprint density at radius 3 is 2.81 bits per heavy atom. The minimum Gasteiger partial charge on any atom is -0.360 e. The number of hydrogen-bond acceptors (Lipinski definition) is 5. The van der Waals surface area contributed by atoms with Crippen molar-refractivity contribution in [3.63, 3.8) is 0 Å².